The Hall–Kier alpha value is -2.21. The molecule has 5 rings (SSSR count). The first kappa shape index (κ1) is 20.7. The Morgan fingerprint density at radius 1 is 1.13 bits per heavy atom. The van der Waals surface area contributed by atoms with E-state index in [1.54, 1.807) is 12.1 Å². The van der Waals surface area contributed by atoms with Gasteiger partial charge in [0.15, 0.2) is 0 Å². The van der Waals surface area contributed by atoms with E-state index >= 15 is 0 Å². The van der Waals surface area contributed by atoms with Crippen LogP contribution in [0.25, 0.3) is 0 Å². The second kappa shape index (κ2) is 7.73. The molecule has 0 aliphatic heterocycles. The lowest BCUT2D eigenvalue weighted by Crippen LogP contribution is -2.47. The molecule has 1 aromatic carbocycles. The molecular weight excluding hydrogens is 395 g/mol. The Bertz CT molecular complexity index is 952. The molecule has 0 radical (unpaired) electrons. The highest BCUT2D eigenvalue weighted by molar-refractivity contribution is 5.81. The van der Waals surface area contributed by atoms with Crippen LogP contribution in [0, 0.1) is 24.6 Å². The van der Waals surface area contributed by atoms with Crippen molar-refractivity contribution in [1.82, 2.24) is 9.55 Å². The van der Waals surface area contributed by atoms with E-state index in [4.69, 9.17) is 9.72 Å². The normalized spacial score (nSPS) is 28.6. The predicted octanol–water partition coefficient (Wildman–Crippen LogP) is 4.96. The number of carbonyl (C=O) groups is 1. The summed E-state index contributed by atoms with van der Waals surface area (Å²) in [5.74, 6) is 1.11. The van der Waals surface area contributed by atoms with Crippen molar-refractivity contribution < 1.29 is 19.0 Å². The zero-order chi connectivity index (χ0) is 21.6. The first-order chi connectivity index (χ1) is 14.9. The number of carboxylic acids is 1. The van der Waals surface area contributed by atoms with Crippen molar-refractivity contribution in [3.8, 4) is 0 Å². The van der Waals surface area contributed by atoms with Gasteiger partial charge in [0.1, 0.15) is 17.2 Å². The Morgan fingerprint density at radius 2 is 1.77 bits per heavy atom. The van der Waals surface area contributed by atoms with Crippen molar-refractivity contribution in [3.63, 3.8) is 0 Å². The lowest BCUT2D eigenvalue weighted by Gasteiger charge is -2.44. The fourth-order valence-corrected chi connectivity index (χ4v) is 5.08. The van der Waals surface area contributed by atoms with Crippen molar-refractivity contribution in [2.75, 3.05) is 6.61 Å². The average Bonchev–Trinajstić information content (AvgIpc) is 3.68. The Balaban J connectivity index is 1.46. The average molecular weight is 427 g/mol. The second-order valence-corrected chi connectivity index (χ2v) is 9.92. The number of nitrogens with zero attached hydrogens (tertiary/aromatic N) is 2. The number of aryl methyl sites for hydroxylation is 1. The molecule has 0 unspecified atom stereocenters. The van der Waals surface area contributed by atoms with Gasteiger partial charge in [-0.3, -0.25) is 4.79 Å². The van der Waals surface area contributed by atoms with E-state index in [1.165, 1.54) is 37.8 Å². The van der Waals surface area contributed by atoms with Gasteiger partial charge in [-0.25, -0.2) is 9.37 Å². The fraction of sp³-hybridized carbons (Fsp3) is 0.600. The molecule has 0 saturated heterocycles. The van der Waals surface area contributed by atoms with Crippen LogP contribution in [0.2, 0.25) is 0 Å². The maximum atomic E-state index is 13.5. The molecule has 3 aliphatic carbocycles. The van der Waals surface area contributed by atoms with Crippen LogP contribution in [0.15, 0.2) is 30.5 Å². The molecule has 1 aromatic heterocycles. The fourth-order valence-electron chi connectivity index (χ4n) is 5.08. The maximum absolute atomic E-state index is 13.5. The van der Waals surface area contributed by atoms with Crippen LogP contribution in [0.3, 0.4) is 0 Å². The molecule has 0 spiro atoms. The van der Waals surface area contributed by atoms with E-state index in [-0.39, 0.29) is 5.82 Å². The van der Waals surface area contributed by atoms with Gasteiger partial charge in [-0.2, -0.15) is 0 Å². The summed E-state index contributed by atoms with van der Waals surface area (Å²) >= 11 is 0. The highest BCUT2D eigenvalue weighted by Gasteiger charge is 2.52. The van der Waals surface area contributed by atoms with Crippen molar-refractivity contribution >= 4 is 5.97 Å². The Labute approximate surface area is 182 Å². The number of hydrogen-bond acceptors (Lipinski definition) is 3. The largest absolute Gasteiger partial charge is 0.481 e. The van der Waals surface area contributed by atoms with Crippen LogP contribution in [-0.4, -0.2) is 27.2 Å². The molecule has 3 saturated carbocycles. The quantitative estimate of drug-likeness (QED) is 0.648. The van der Waals surface area contributed by atoms with E-state index < -0.39 is 17.0 Å². The van der Waals surface area contributed by atoms with Gasteiger partial charge in [-0.05, 0) is 87.8 Å². The van der Waals surface area contributed by atoms with E-state index in [0.717, 1.165) is 18.1 Å². The molecule has 6 heteroatoms. The zero-order valence-electron chi connectivity index (χ0n) is 18.1. The van der Waals surface area contributed by atoms with Crippen LogP contribution in [0.4, 0.5) is 4.39 Å². The number of aliphatic carboxylic acids is 1. The summed E-state index contributed by atoms with van der Waals surface area (Å²) in [6, 6.07) is 5.97. The highest BCUT2D eigenvalue weighted by atomic mass is 19.1. The zero-order valence-corrected chi connectivity index (χ0v) is 18.1. The summed E-state index contributed by atoms with van der Waals surface area (Å²) < 4.78 is 22.4. The van der Waals surface area contributed by atoms with Gasteiger partial charge in [0.25, 0.3) is 0 Å². The van der Waals surface area contributed by atoms with Gasteiger partial charge in [0.05, 0.1) is 12.0 Å². The maximum Gasteiger partial charge on any atom is 0.314 e. The van der Waals surface area contributed by atoms with E-state index in [9.17, 15) is 14.3 Å². The summed E-state index contributed by atoms with van der Waals surface area (Å²) in [7, 11) is 0. The molecule has 3 fully saturated rings. The number of benzene rings is 1. The van der Waals surface area contributed by atoms with E-state index in [0.29, 0.717) is 49.7 Å². The number of rotatable bonds is 8. The molecule has 0 amide bonds. The number of halogens is 1. The summed E-state index contributed by atoms with van der Waals surface area (Å²) in [5, 5.41) is 10.2. The van der Waals surface area contributed by atoms with Gasteiger partial charge < -0.3 is 14.4 Å². The highest BCUT2D eigenvalue weighted by Crippen LogP contribution is 2.50. The minimum atomic E-state index is -1.01. The predicted molar refractivity (Wildman–Crippen MR) is 114 cm³/mol. The second-order valence-electron chi connectivity index (χ2n) is 9.92. The van der Waals surface area contributed by atoms with E-state index in [2.05, 4.69) is 11.5 Å². The lowest BCUT2D eigenvalue weighted by molar-refractivity contribution is -0.151. The Kier molecular flexibility index (Phi) is 5.16. The van der Waals surface area contributed by atoms with E-state index in [1.807, 2.05) is 6.20 Å². The van der Waals surface area contributed by atoms with Gasteiger partial charge in [-0.15, -0.1) is 0 Å². The minimum Gasteiger partial charge on any atom is -0.481 e. The molecule has 31 heavy (non-hydrogen) atoms. The van der Waals surface area contributed by atoms with Crippen molar-refractivity contribution in [1.29, 1.82) is 0 Å². The van der Waals surface area contributed by atoms with Gasteiger partial charge in [0.2, 0.25) is 0 Å². The molecule has 1 heterocycles. The smallest absolute Gasteiger partial charge is 0.314 e. The number of aromatic nitrogens is 2. The van der Waals surface area contributed by atoms with Crippen LogP contribution in [0.1, 0.15) is 68.4 Å². The monoisotopic (exact) mass is 426 g/mol. The summed E-state index contributed by atoms with van der Waals surface area (Å²) in [5.41, 5.74) is 0.257. The summed E-state index contributed by atoms with van der Waals surface area (Å²) in [6.07, 6.45) is 8.98. The van der Waals surface area contributed by atoms with Gasteiger partial charge in [0, 0.05) is 18.4 Å². The molecule has 5 nitrogen and oxygen atoms in total. The van der Waals surface area contributed by atoms with Crippen molar-refractivity contribution in [2.45, 2.75) is 75.9 Å². The van der Waals surface area contributed by atoms with Gasteiger partial charge >= 0.3 is 5.97 Å². The minimum absolute atomic E-state index is 0.347. The molecule has 2 aromatic rings. The SMILES string of the molecule is Cc1cnc([C@]2(OCC3CC3)CC[C@@](C(=O)O)(c3ccc(F)cc3)CC2)n1CC1CC1. The van der Waals surface area contributed by atoms with Crippen molar-refractivity contribution in [2.24, 2.45) is 11.8 Å². The van der Waals surface area contributed by atoms with Crippen molar-refractivity contribution in [3.05, 3.63) is 53.4 Å². The topological polar surface area (TPSA) is 64.3 Å². The van der Waals surface area contributed by atoms with Crippen LogP contribution >= 0.6 is 0 Å². The third-order valence-corrected chi connectivity index (χ3v) is 7.61. The standard InChI is InChI=1S/C25H31FN2O3/c1-17-14-27-22(28(17)15-18-2-3-18)25(31-16-19-4-5-19)12-10-24(11-13-25,23(29)30)20-6-8-21(26)9-7-20/h6-9,14,18-19H,2-5,10-13,15-16H2,1H3,(H,29,30)/t24-,25-. The first-order valence-corrected chi connectivity index (χ1v) is 11.6. The third kappa shape index (κ3) is 3.91. The van der Waals surface area contributed by atoms with Crippen LogP contribution < -0.4 is 0 Å². The molecule has 0 bridgehead atoms. The third-order valence-electron chi connectivity index (χ3n) is 7.61. The Morgan fingerprint density at radius 3 is 2.35 bits per heavy atom. The molecule has 3 aliphatic rings. The molecule has 166 valence electrons. The molecule has 1 N–H and O–H groups in total. The van der Waals surface area contributed by atoms with Gasteiger partial charge in [-0.1, -0.05) is 12.1 Å². The van der Waals surface area contributed by atoms with Crippen LogP contribution in [-0.2, 0) is 27.1 Å². The number of ether oxygens (including phenoxy) is 1. The number of carboxylic acid groups (broad SMARTS) is 1. The summed E-state index contributed by atoms with van der Waals surface area (Å²) in [4.78, 5) is 17.3. The lowest BCUT2D eigenvalue weighted by atomic mass is 9.65. The number of hydrogen-bond donors (Lipinski definition) is 1. The van der Waals surface area contributed by atoms with Crippen LogP contribution in [0.5, 0.6) is 0 Å². The number of imidazole rings is 1. The molecule has 0 atom stereocenters. The molecular formula is C25H31FN2O3. The first-order valence-electron chi connectivity index (χ1n) is 11.6. The summed E-state index contributed by atoms with van der Waals surface area (Å²) in [6.45, 7) is 3.78.